The summed E-state index contributed by atoms with van der Waals surface area (Å²) in [6.07, 6.45) is 6.62. The van der Waals surface area contributed by atoms with Gasteiger partial charge in [-0.2, -0.15) is 0 Å². The number of carbonyl (C=O) groups is 1. The molecule has 1 spiro atoms. The zero-order valence-electron chi connectivity index (χ0n) is 13.6. The maximum Gasteiger partial charge on any atom is 0.227 e. The average molecular weight is 301 g/mol. The first-order valence-corrected chi connectivity index (χ1v) is 8.43. The number of amides is 1. The van der Waals surface area contributed by atoms with Crippen LogP contribution in [-0.2, 0) is 11.2 Å². The van der Waals surface area contributed by atoms with Gasteiger partial charge in [0, 0.05) is 25.3 Å². The standard InChI is InChI=1S/C18H27N3O/c1-20-11-12-21(18(14-20)9-3-2-4-10-18)17(22)13-15-5-7-16(19)8-6-15/h5-8H,2-4,9-14,19H2,1H3. The third-order valence-electron chi connectivity index (χ3n) is 5.26. The molecule has 2 fully saturated rings. The van der Waals surface area contributed by atoms with Crippen molar-refractivity contribution in [1.82, 2.24) is 9.80 Å². The van der Waals surface area contributed by atoms with Gasteiger partial charge in [0.2, 0.25) is 5.91 Å². The van der Waals surface area contributed by atoms with Crippen LogP contribution in [0, 0.1) is 0 Å². The molecule has 1 aliphatic heterocycles. The number of carbonyl (C=O) groups excluding carboxylic acids is 1. The number of hydrogen-bond donors (Lipinski definition) is 1. The summed E-state index contributed by atoms with van der Waals surface area (Å²) < 4.78 is 0. The number of nitrogens with two attached hydrogens (primary N) is 1. The van der Waals surface area contributed by atoms with Crippen LogP contribution in [0.3, 0.4) is 0 Å². The van der Waals surface area contributed by atoms with Crippen molar-refractivity contribution in [2.75, 3.05) is 32.4 Å². The molecule has 120 valence electrons. The second-order valence-electron chi connectivity index (χ2n) is 6.99. The molecule has 2 N–H and O–H groups in total. The molecule has 1 aromatic carbocycles. The van der Waals surface area contributed by atoms with E-state index in [1.165, 1.54) is 19.3 Å². The number of anilines is 1. The van der Waals surface area contributed by atoms with Crippen molar-refractivity contribution in [3.05, 3.63) is 29.8 Å². The number of hydrogen-bond acceptors (Lipinski definition) is 3. The van der Waals surface area contributed by atoms with Crippen molar-refractivity contribution in [2.45, 2.75) is 44.1 Å². The zero-order valence-corrected chi connectivity index (χ0v) is 13.6. The van der Waals surface area contributed by atoms with E-state index in [-0.39, 0.29) is 11.4 Å². The molecule has 1 aliphatic carbocycles. The predicted octanol–water partition coefficient (Wildman–Crippen LogP) is 2.29. The molecule has 0 radical (unpaired) electrons. The second-order valence-corrected chi connectivity index (χ2v) is 6.99. The number of likely N-dealkylation sites (N-methyl/N-ethyl adjacent to an activating group) is 1. The first kappa shape index (κ1) is 15.3. The van der Waals surface area contributed by atoms with Crippen LogP contribution in [0.4, 0.5) is 5.69 Å². The maximum atomic E-state index is 12.9. The van der Waals surface area contributed by atoms with E-state index in [1.807, 2.05) is 24.3 Å². The molecule has 1 amide bonds. The lowest BCUT2D eigenvalue weighted by molar-refractivity contribution is -0.143. The molecule has 0 bridgehead atoms. The number of nitrogen functional groups attached to an aromatic ring is 1. The fraction of sp³-hybridized carbons (Fsp3) is 0.611. The number of piperazine rings is 1. The summed E-state index contributed by atoms with van der Waals surface area (Å²) in [5.41, 5.74) is 7.61. The van der Waals surface area contributed by atoms with E-state index >= 15 is 0 Å². The largest absolute Gasteiger partial charge is 0.399 e. The Hall–Kier alpha value is -1.55. The average Bonchev–Trinajstić information content (AvgIpc) is 2.50. The van der Waals surface area contributed by atoms with Gasteiger partial charge in [0.1, 0.15) is 0 Å². The molecule has 1 saturated carbocycles. The lowest BCUT2D eigenvalue weighted by Gasteiger charge is -2.52. The molecule has 1 saturated heterocycles. The van der Waals surface area contributed by atoms with Crippen molar-refractivity contribution in [1.29, 1.82) is 0 Å². The Bertz CT molecular complexity index is 520. The van der Waals surface area contributed by atoms with Crippen LogP contribution >= 0.6 is 0 Å². The Kier molecular flexibility index (Phi) is 4.39. The summed E-state index contributed by atoms with van der Waals surface area (Å²) in [5.74, 6) is 0.278. The highest BCUT2D eigenvalue weighted by Gasteiger charge is 2.43. The number of benzene rings is 1. The van der Waals surface area contributed by atoms with Gasteiger partial charge in [0.15, 0.2) is 0 Å². The Morgan fingerprint density at radius 2 is 1.82 bits per heavy atom. The Morgan fingerprint density at radius 1 is 1.14 bits per heavy atom. The van der Waals surface area contributed by atoms with Gasteiger partial charge in [0.25, 0.3) is 0 Å². The summed E-state index contributed by atoms with van der Waals surface area (Å²) in [7, 11) is 2.18. The van der Waals surface area contributed by atoms with Crippen LogP contribution in [0.1, 0.15) is 37.7 Å². The fourth-order valence-corrected chi connectivity index (χ4v) is 4.11. The minimum atomic E-state index is 0.0795. The van der Waals surface area contributed by atoms with Crippen LogP contribution in [0.25, 0.3) is 0 Å². The van der Waals surface area contributed by atoms with Crippen molar-refractivity contribution < 1.29 is 4.79 Å². The van der Waals surface area contributed by atoms with Gasteiger partial charge >= 0.3 is 0 Å². The molecule has 2 aliphatic rings. The molecule has 4 nitrogen and oxygen atoms in total. The van der Waals surface area contributed by atoms with Gasteiger partial charge in [-0.3, -0.25) is 4.79 Å². The zero-order chi connectivity index (χ0) is 15.6. The lowest BCUT2D eigenvalue weighted by atomic mass is 9.78. The molecule has 0 unspecified atom stereocenters. The highest BCUT2D eigenvalue weighted by Crippen LogP contribution is 2.36. The lowest BCUT2D eigenvalue weighted by Crippen LogP contribution is -2.64. The van der Waals surface area contributed by atoms with E-state index < -0.39 is 0 Å². The monoisotopic (exact) mass is 301 g/mol. The van der Waals surface area contributed by atoms with E-state index in [0.29, 0.717) is 6.42 Å². The van der Waals surface area contributed by atoms with Gasteiger partial charge in [-0.15, -0.1) is 0 Å². The van der Waals surface area contributed by atoms with Gasteiger partial charge in [0.05, 0.1) is 12.0 Å². The third kappa shape index (κ3) is 3.12. The molecule has 3 rings (SSSR count). The van der Waals surface area contributed by atoms with Gasteiger partial charge in [-0.05, 0) is 37.6 Å². The normalized spacial score (nSPS) is 22.0. The maximum absolute atomic E-state index is 12.9. The first-order valence-electron chi connectivity index (χ1n) is 8.43. The second kappa shape index (κ2) is 6.29. The van der Waals surface area contributed by atoms with E-state index in [0.717, 1.165) is 43.7 Å². The molecular formula is C18H27N3O. The van der Waals surface area contributed by atoms with Crippen LogP contribution in [0.5, 0.6) is 0 Å². The molecule has 1 heterocycles. The van der Waals surface area contributed by atoms with Crippen LogP contribution in [0.2, 0.25) is 0 Å². The van der Waals surface area contributed by atoms with Crippen LogP contribution < -0.4 is 5.73 Å². The Labute approximate surface area is 133 Å². The molecule has 4 heteroatoms. The topological polar surface area (TPSA) is 49.6 Å². The summed E-state index contributed by atoms with van der Waals surface area (Å²) in [6, 6.07) is 7.69. The van der Waals surface area contributed by atoms with Gasteiger partial charge in [-0.1, -0.05) is 31.4 Å². The quantitative estimate of drug-likeness (QED) is 0.853. The van der Waals surface area contributed by atoms with Crippen LogP contribution in [-0.4, -0.2) is 47.9 Å². The minimum absolute atomic E-state index is 0.0795. The van der Waals surface area contributed by atoms with E-state index in [1.54, 1.807) is 0 Å². The van der Waals surface area contributed by atoms with Crippen molar-refractivity contribution in [3.63, 3.8) is 0 Å². The SMILES string of the molecule is CN1CCN(C(=O)Cc2ccc(N)cc2)C2(CCCCC2)C1. The van der Waals surface area contributed by atoms with E-state index in [9.17, 15) is 4.79 Å². The highest BCUT2D eigenvalue weighted by molar-refractivity contribution is 5.80. The number of rotatable bonds is 2. The van der Waals surface area contributed by atoms with Crippen molar-refractivity contribution >= 4 is 11.6 Å². The van der Waals surface area contributed by atoms with Crippen LogP contribution in [0.15, 0.2) is 24.3 Å². The summed E-state index contributed by atoms with van der Waals surface area (Å²) >= 11 is 0. The third-order valence-corrected chi connectivity index (χ3v) is 5.26. The summed E-state index contributed by atoms with van der Waals surface area (Å²) in [4.78, 5) is 17.5. The Balaban J connectivity index is 1.75. The predicted molar refractivity (Wildman–Crippen MR) is 89.6 cm³/mol. The Morgan fingerprint density at radius 3 is 2.50 bits per heavy atom. The molecule has 22 heavy (non-hydrogen) atoms. The fourth-order valence-electron chi connectivity index (χ4n) is 4.11. The van der Waals surface area contributed by atoms with E-state index in [4.69, 9.17) is 5.73 Å². The van der Waals surface area contributed by atoms with Gasteiger partial charge in [-0.25, -0.2) is 0 Å². The summed E-state index contributed by atoms with van der Waals surface area (Å²) in [5, 5.41) is 0. The highest BCUT2D eigenvalue weighted by atomic mass is 16.2. The smallest absolute Gasteiger partial charge is 0.227 e. The molecule has 0 atom stereocenters. The molecule has 1 aromatic rings. The molecular weight excluding hydrogens is 274 g/mol. The minimum Gasteiger partial charge on any atom is -0.399 e. The number of nitrogens with zero attached hydrogens (tertiary/aromatic N) is 2. The van der Waals surface area contributed by atoms with Crippen molar-refractivity contribution in [3.8, 4) is 0 Å². The van der Waals surface area contributed by atoms with E-state index in [2.05, 4.69) is 16.8 Å². The van der Waals surface area contributed by atoms with Crippen molar-refractivity contribution in [2.24, 2.45) is 0 Å². The van der Waals surface area contributed by atoms with Gasteiger partial charge < -0.3 is 15.5 Å². The molecule has 0 aromatic heterocycles. The summed E-state index contributed by atoms with van der Waals surface area (Å²) in [6.45, 7) is 2.88. The first-order chi connectivity index (χ1) is 10.6.